The molecule has 2 aromatic rings. The number of benzene rings is 1. The predicted molar refractivity (Wildman–Crippen MR) is 72.0 cm³/mol. The molecule has 18 heavy (non-hydrogen) atoms. The Balaban J connectivity index is 1.95. The van der Waals surface area contributed by atoms with Crippen LogP contribution in [-0.2, 0) is 11.3 Å². The van der Waals surface area contributed by atoms with Crippen LogP contribution in [0.25, 0.3) is 11.0 Å². The highest BCUT2D eigenvalue weighted by Crippen LogP contribution is 2.10. The third-order valence-corrected chi connectivity index (χ3v) is 3.04. The van der Waals surface area contributed by atoms with Crippen LogP contribution in [0.1, 0.15) is 32.5 Å². The van der Waals surface area contributed by atoms with E-state index in [-0.39, 0.29) is 11.8 Å². The van der Waals surface area contributed by atoms with E-state index in [2.05, 4.69) is 22.2 Å². The van der Waals surface area contributed by atoms with Crippen molar-refractivity contribution in [2.75, 3.05) is 0 Å². The van der Waals surface area contributed by atoms with Crippen LogP contribution in [0.15, 0.2) is 24.3 Å². The van der Waals surface area contributed by atoms with Crippen molar-refractivity contribution in [1.29, 1.82) is 0 Å². The number of imidazole rings is 1. The zero-order valence-electron chi connectivity index (χ0n) is 10.9. The fourth-order valence-corrected chi connectivity index (χ4v) is 2.00. The normalized spacial score (nSPS) is 12.6. The molecule has 0 bridgehead atoms. The number of hydrogen-bond donors (Lipinski definition) is 2. The minimum Gasteiger partial charge on any atom is -0.349 e. The number of carbonyl (C=O) groups is 1. The van der Waals surface area contributed by atoms with Crippen molar-refractivity contribution < 1.29 is 4.79 Å². The average Bonchev–Trinajstić information content (AvgIpc) is 2.78. The van der Waals surface area contributed by atoms with Gasteiger partial charge in [-0.05, 0) is 18.6 Å². The number of fused-ring (bicyclic) bond motifs is 1. The maximum atomic E-state index is 11.8. The monoisotopic (exact) mass is 245 g/mol. The molecule has 0 aliphatic heterocycles. The van der Waals surface area contributed by atoms with E-state index in [1.807, 2.05) is 31.2 Å². The van der Waals surface area contributed by atoms with E-state index in [1.165, 1.54) is 0 Å². The number of aromatic nitrogens is 2. The molecule has 1 unspecified atom stereocenters. The standard InChI is InChI=1S/C14H19N3O/c1-3-6-10(2)14(18)15-9-13-16-11-7-4-5-8-12(11)17-13/h4-5,7-8,10H,3,6,9H2,1-2H3,(H,15,18)(H,16,17). The molecule has 0 radical (unpaired) electrons. The van der Waals surface area contributed by atoms with E-state index in [4.69, 9.17) is 0 Å². The smallest absolute Gasteiger partial charge is 0.223 e. The van der Waals surface area contributed by atoms with Crippen molar-refractivity contribution in [3.63, 3.8) is 0 Å². The predicted octanol–water partition coefficient (Wildman–Crippen LogP) is 2.62. The number of para-hydroxylation sites is 2. The summed E-state index contributed by atoms with van der Waals surface area (Å²) >= 11 is 0. The van der Waals surface area contributed by atoms with E-state index in [0.717, 1.165) is 29.7 Å². The number of hydrogen-bond acceptors (Lipinski definition) is 2. The van der Waals surface area contributed by atoms with Crippen LogP contribution in [-0.4, -0.2) is 15.9 Å². The second kappa shape index (κ2) is 5.67. The van der Waals surface area contributed by atoms with Crippen LogP contribution in [0.5, 0.6) is 0 Å². The van der Waals surface area contributed by atoms with Crippen molar-refractivity contribution in [3.05, 3.63) is 30.1 Å². The first-order valence-electron chi connectivity index (χ1n) is 6.42. The first kappa shape index (κ1) is 12.6. The molecule has 1 atom stereocenters. The first-order valence-corrected chi connectivity index (χ1v) is 6.42. The van der Waals surface area contributed by atoms with Crippen LogP contribution >= 0.6 is 0 Å². The van der Waals surface area contributed by atoms with E-state index in [1.54, 1.807) is 0 Å². The molecule has 0 spiro atoms. The Morgan fingerprint density at radius 2 is 2.22 bits per heavy atom. The highest BCUT2D eigenvalue weighted by atomic mass is 16.1. The van der Waals surface area contributed by atoms with Gasteiger partial charge < -0.3 is 10.3 Å². The van der Waals surface area contributed by atoms with Gasteiger partial charge in [-0.25, -0.2) is 4.98 Å². The van der Waals surface area contributed by atoms with Crippen molar-refractivity contribution in [3.8, 4) is 0 Å². The van der Waals surface area contributed by atoms with Gasteiger partial charge in [-0.3, -0.25) is 4.79 Å². The van der Waals surface area contributed by atoms with Gasteiger partial charge in [0.1, 0.15) is 5.82 Å². The van der Waals surface area contributed by atoms with Crippen molar-refractivity contribution in [2.24, 2.45) is 5.92 Å². The maximum absolute atomic E-state index is 11.8. The summed E-state index contributed by atoms with van der Waals surface area (Å²) in [4.78, 5) is 19.4. The van der Waals surface area contributed by atoms with Gasteiger partial charge in [0.2, 0.25) is 5.91 Å². The Bertz CT molecular complexity index is 500. The molecule has 1 aromatic heterocycles. The molecule has 0 saturated heterocycles. The molecule has 0 saturated carbocycles. The van der Waals surface area contributed by atoms with E-state index in [0.29, 0.717) is 6.54 Å². The zero-order valence-corrected chi connectivity index (χ0v) is 10.9. The number of carbonyl (C=O) groups excluding carboxylic acids is 1. The molecule has 4 nitrogen and oxygen atoms in total. The molecule has 1 aromatic carbocycles. The topological polar surface area (TPSA) is 57.8 Å². The third-order valence-electron chi connectivity index (χ3n) is 3.04. The average molecular weight is 245 g/mol. The van der Waals surface area contributed by atoms with E-state index < -0.39 is 0 Å². The summed E-state index contributed by atoms with van der Waals surface area (Å²) in [5, 5.41) is 2.91. The second-order valence-corrected chi connectivity index (χ2v) is 4.61. The molecule has 4 heteroatoms. The molecule has 2 N–H and O–H groups in total. The first-order chi connectivity index (χ1) is 8.70. The Hall–Kier alpha value is -1.84. The Labute approximate surface area is 107 Å². The third kappa shape index (κ3) is 2.88. The van der Waals surface area contributed by atoms with Gasteiger partial charge >= 0.3 is 0 Å². The molecule has 1 amide bonds. The molecule has 96 valence electrons. The lowest BCUT2D eigenvalue weighted by molar-refractivity contribution is -0.124. The van der Waals surface area contributed by atoms with Gasteiger partial charge in [0.15, 0.2) is 0 Å². The highest BCUT2D eigenvalue weighted by molar-refractivity contribution is 5.78. The number of H-pyrrole nitrogens is 1. The summed E-state index contributed by atoms with van der Waals surface area (Å²) in [6, 6.07) is 7.85. The van der Waals surface area contributed by atoms with Crippen molar-refractivity contribution >= 4 is 16.9 Å². The maximum Gasteiger partial charge on any atom is 0.223 e. The lowest BCUT2D eigenvalue weighted by Crippen LogP contribution is -2.29. The van der Waals surface area contributed by atoms with Gasteiger partial charge in [0.05, 0.1) is 17.6 Å². The summed E-state index contributed by atoms with van der Waals surface area (Å²) in [6.07, 6.45) is 1.95. The SMILES string of the molecule is CCCC(C)C(=O)NCc1nc2ccccc2[nH]1. The lowest BCUT2D eigenvalue weighted by Gasteiger charge is -2.09. The zero-order chi connectivity index (χ0) is 13.0. The number of rotatable bonds is 5. The van der Waals surface area contributed by atoms with Gasteiger partial charge in [-0.1, -0.05) is 32.4 Å². The number of nitrogens with zero attached hydrogens (tertiary/aromatic N) is 1. The summed E-state index contributed by atoms with van der Waals surface area (Å²) in [5.41, 5.74) is 1.94. The summed E-state index contributed by atoms with van der Waals surface area (Å²) in [5.74, 6) is 0.963. The van der Waals surface area contributed by atoms with Crippen LogP contribution in [0.3, 0.4) is 0 Å². The molecule has 0 fully saturated rings. The molecule has 0 aliphatic rings. The minimum absolute atomic E-state index is 0.0689. The van der Waals surface area contributed by atoms with Gasteiger partial charge in [-0.15, -0.1) is 0 Å². The molecular weight excluding hydrogens is 226 g/mol. The van der Waals surface area contributed by atoms with Crippen LogP contribution in [0.4, 0.5) is 0 Å². The van der Waals surface area contributed by atoms with E-state index >= 15 is 0 Å². The largest absolute Gasteiger partial charge is 0.349 e. The summed E-state index contributed by atoms with van der Waals surface area (Å²) in [7, 11) is 0. The quantitative estimate of drug-likeness (QED) is 0.850. The number of nitrogens with one attached hydrogen (secondary N) is 2. The highest BCUT2D eigenvalue weighted by Gasteiger charge is 2.11. The number of aromatic amines is 1. The van der Waals surface area contributed by atoms with E-state index in [9.17, 15) is 4.79 Å². The van der Waals surface area contributed by atoms with Gasteiger partial charge in [-0.2, -0.15) is 0 Å². The second-order valence-electron chi connectivity index (χ2n) is 4.61. The van der Waals surface area contributed by atoms with Crippen LogP contribution in [0.2, 0.25) is 0 Å². The van der Waals surface area contributed by atoms with Crippen molar-refractivity contribution in [1.82, 2.24) is 15.3 Å². The molecular formula is C14H19N3O. The van der Waals surface area contributed by atoms with Gasteiger partial charge in [0, 0.05) is 5.92 Å². The Kier molecular flexibility index (Phi) is 3.97. The molecule has 2 rings (SSSR count). The molecule has 0 aliphatic carbocycles. The van der Waals surface area contributed by atoms with Crippen LogP contribution < -0.4 is 5.32 Å². The summed E-state index contributed by atoms with van der Waals surface area (Å²) in [6.45, 7) is 4.50. The van der Waals surface area contributed by atoms with Crippen molar-refractivity contribution in [2.45, 2.75) is 33.2 Å². The fraction of sp³-hybridized carbons (Fsp3) is 0.429. The Morgan fingerprint density at radius 1 is 1.44 bits per heavy atom. The molecule has 1 heterocycles. The summed E-state index contributed by atoms with van der Waals surface area (Å²) < 4.78 is 0. The minimum atomic E-state index is 0.0689. The van der Waals surface area contributed by atoms with Crippen LogP contribution in [0, 0.1) is 5.92 Å². The van der Waals surface area contributed by atoms with Gasteiger partial charge in [0.25, 0.3) is 0 Å². The number of amides is 1. The Morgan fingerprint density at radius 3 is 2.94 bits per heavy atom. The lowest BCUT2D eigenvalue weighted by atomic mass is 10.1. The fourth-order valence-electron chi connectivity index (χ4n) is 2.00.